The summed E-state index contributed by atoms with van der Waals surface area (Å²) in [4.78, 5) is 17.2. The zero-order chi connectivity index (χ0) is 19.6. The van der Waals surface area contributed by atoms with Crippen molar-refractivity contribution in [2.24, 2.45) is 0 Å². The van der Waals surface area contributed by atoms with Crippen molar-refractivity contribution in [3.63, 3.8) is 0 Å². The Morgan fingerprint density at radius 2 is 1.89 bits per heavy atom. The Labute approximate surface area is 168 Å². The van der Waals surface area contributed by atoms with Crippen LogP contribution in [0.3, 0.4) is 0 Å². The van der Waals surface area contributed by atoms with Crippen LogP contribution in [0.5, 0.6) is 0 Å². The van der Waals surface area contributed by atoms with Gasteiger partial charge in [-0.15, -0.1) is 11.3 Å². The molecule has 4 rings (SSSR count). The van der Waals surface area contributed by atoms with Crippen LogP contribution in [0.25, 0.3) is 0 Å². The van der Waals surface area contributed by atoms with Crippen molar-refractivity contribution in [2.75, 3.05) is 18.5 Å². The molecule has 1 saturated carbocycles. The Kier molecular flexibility index (Phi) is 5.77. The van der Waals surface area contributed by atoms with Crippen LogP contribution in [0.4, 0.5) is 5.13 Å². The number of benzene rings is 1. The normalized spacial score (nSPS) is 19.3. The number of nitrogens with one attached hydrogen (secondary N) is 1. The zero-order valence-electron chi connectivity index (χ0n) is 15.2. The number of amides is 1. The number of rotatable bonds is 7. The van der Waals surface area contributed by atoms with Crippen LogP contribution in [-0.4, -0.2) is 43.9 Å². The van der Waals surface area contributed by atoms with E-state index in [9.17, 15) is 13.2 Å². The Morgan fingerprint density at radius 3 is 2.50 bits per heavy atom. The molecule has 2 aromatic rings. The fourth-order valence-corrected chi connectivity index (χ4v) is 5.34. The Bertz CT molecular complexity index is 902. The molecule has 1 N–H and O–H groups in total. The molecule has 1 unspecified atom stereocenters. The lowest BCUT2D eigenvalue weighted by Gasteiger charge is -2.27. The second-order valence-electron chi connectivity index (χ2n) is 6.97. The van der Waals surface area contributed by atoms with E-state index in [1.807, 2.05) is 0 Å². The van der Waals surface area contributed by atoms with E-state index in [-0.39, 0.29) is 17.3 Å². The van der Waals surface area contributed by atoms with Crippen LogP contribution in [0.1, 0.15) is 37.4 Å². The summed E-state index contributed by atoms with van der Waals surface area (Å²) < 4.78 is 36.3. The van der Waals surface area contributed by atoms with Gasteiger partial charge < -0.3 is 9.47 Å². The maximum atomic E-state index is 12.9. The number of sulfone groups is 1. The van der Waals surface area contributed by atoms with Gasteiger partial charge in [0.15, 0.2) is 21.1 Å². The van der Waals surface area contributed by atoms with E-state index in [4.69, 9.17) is 9.47 Å². The van der Waals surface area contributed by atoms with Crippen LogP contribution >= 0.6 is 11.3 Å². The lowest BCUT2D eigenvalue weighted by Crippen LogP contribution is -2.31. The van der Waals surface area contributed by atoms with Crippen molar-refractivity contribution in [1.29, 1.82) is 0 Å². The van der Waals surface area contributed by atoms with Crippen molar-refractivity contribution < 1.29 is 22.7 Å². The van der Waals surface area contributed by atoms with E-state index in [1.165, 1.54) is 11.3 Å². The van der Waals surface area contributed by atoms with Crippen molar-refractivity contribution in [3.8, 4) is 0 Å². The first-order valence-electron chi connectivity index (χ1n) is 9.31. The maximum absolute atomic E-state index is 12.9. The highest BCUT2D eigenvalue weighted by Gasteiger charge is 2.37. The van der Waals surface area contributed by atoms with Crippen LogP contribution in [0.15, 0.2) is 40.7 Å². The summed E-state index contributed by atoms with van der Waals surface area (Å²) in [6.45, 7) is 1.20. The van der Waals surface area contributed by atoms with E-state index in [2.05, 4.69) is 10.3 Å². The molecule has 1 atom stereocenters. The molecule has 2 fully saturated rings. The van der Waals surface area contributed by atoms with Crippen molar-refractivity contribution in [1.82, 2.24) is 4.98 Å². The lowest BCUT2D eigenvalue weighted by molar-refractivity contribution is -0.136. The minimum Gasteiger partial charge on any atom is -0.381 e. The highest BCUT2D eigenvalue weighted by atomic mass is 32.2. The number of aromatic nitrogens is 1. The number of thiazole rings is 1. The van der Waals surface area contributed by atoms with E-state index in [0.29, 0.717) is 28.8 Å². The number of ether oxygens (including phenoxy) is 2. The van der Waals surface area contributed by atoms with Crippen LogP contribution in [0, 0.1) is 0 Å². The standard InChI is InChI=1S/C19H22N2O5S2/c22-18(21-19-20-9-12-27-19)17(26-14-7-10-25-11-8-14)13-1-3-15(4-2-13)28(23,24)16-5-6-16/h1-4,9,12,14,16-17H,5-8,10-11H2,(H,20,21,22). The molecule has 7 nitrogen and oxygen atoms in total. The summed E-state index contributed by atoms with van der Waals surface area (Å²) in [5, 5.41) is 4.79. The zero-order valence-corrected chi connectivity index (χ0v) is 16.9. The van der Waals surface area contributed by atoms with Gasteiger partial charge in [-0.2, -0.15) is 0 Å². The summed E-state index contributed by atoms with van der Waals surface area (Å²) in [5.41, 5.74) is 0.621. The molecule has 0 radical (unpaired) electrons. The fraction of sp³-hybridized carbons (Fsp3) is 0.474. The predicted molar refractivity (Wildman–Crippen MR) is 105 cm³/mol. The highest BCUT2D eigenvalue weighted by Crippen LogP contribution is 2.34. The quantitative estimate of drug-likeness (QED) is 0.737. The van der Waals surface area contributed by atoms with Gasteiger partial charge in [-0.05, 0) is 43.4 Å². The van der Waals surface area contributed by atoms with Crippen molar-refractivity contribution in [2.45, 2.75) is 48.0 Å². The van der Waals surface area contributed by atoms with Crippen LogP contribution < -0.4 is 5.32 Å². The van der Waals surface area contributed by atoms with Gasteiger partial charge >= 0.3 is 0 Å². The van der Waals surface area contributed by atoms with Crippen LogP contribution in [0.2, 0.25) is 0 Å². The molecule has 0 spiro atoms. The minimum absolute atomic E-state index is 0.0873. The van der Waals surface area contributed by atoms with Gasteiger partial charge in [0.1, 0.15) is 0 Å². The van der Waals surface area contributed by atoms with Gasteiger partial charge in [-0.25, -0.2) is 13.4 Å². The van der Waals surface area contributed by atoms with Gasteiger partial charge in [-0.3, -0.25) is 10.1 Å². The number of anilines is 1. The summed E-state index contributed by atoms with van der Waals surface area (Å²) in [7, 11) is -3.26. The molecular weight excluding hydrogens is 400 g/mol. The SMILES string of the molecule is O=C(Nc1nccs1)C(OC1CCOCC1)c1ccc(S(=O)(=O)C2CC2)cc1. The van der Waals surface area contributed by atoms with Gasteiger partial charge in [0.25, 0.3) is 5.91 Å². The average Bonchev–Trinajstić information content (AvgIpc) is 3.46. The predicted octanol–water partition coefficient (Wildman–Crippen LogP) is 2.95. The highest BCUT2D eigenvalue weighted by molar-refractivity contribution is 7.92. The van der Waals surface area contributed by atoms with Gasteiger partial charge in [0.2, 0.25) is 0 Å². The molecule has 1 aliphatic heterocycles. The third-order valence-electron chi connectivity index (χ3n) is 4.87. The van der Waals surface area contributed by atoms with Gasteiger partial charge in [0.05, 0.1) is 16.2 Å². The van der Waals surface area contributed by atoms with Crippen molar-refractivity contribution >= 4 is 32.2 Å². The molecule has 2 heterocycles. The van der Waals surface area contributed by atoms with E-state index in [1.54, 1.807) is 35.8 Å². The molecule has 150 valence electrons. The molecule has 1 aromatic carbocycles. The molecule has 1 amide bonds. The minimum atomic E-state index is -3.26. The Morgan fingerprint density at radius 1 is 1.18 bits per heavy atom. The summed E-state index contributed by atoms with van der Waals surface area (Å²) in [6, 6.07) is 6.47. The fourth-order valence-electron chi connectivity index (χ4n) is 3.16. The monoisotopic (exact) mass is 422 g/mol. The third-order valence-corrected chi connectivity index (χ3v) is 7.84. The van der Waals surface area contributed by atoms with Crippen molar-refractivity contribution in [3.05, 3.63) is 41.4 Å². The molecule has 2 aliphatic rings. The molecule has 1 saturated heterocycles. The second-order valence-corrected chi connectivity index (χ2v) is 10.1. The summed E-state index contributed by atoms with van der Waals surface area (Å²) in [6.07, 6.45) is 3.56. The maximum Gasteiger partial charge on any atom is 0.259 e. The number of hydrogen-bond donors (Lipinski definition) is 1. The third kappa shape index (κ3) is 4.43. The molecular formula is C19H22N2O5S2. The first-order valence-corrected chi connectivity index (χ1v) is 11.7. The molecule has 1 aliphatic carbocycles. The number of carbonyl (C=O) groups is 1. The van der Waals surface area contributed by atoms with E-state index >= 15 is 0 Å². The average molecular weight is 423 g/mol. The van der Waals surface area contributed by atoms with E-state index in [0.717, 1.165) is 25.7 Å². The molecule has 28 heavy (non-hydrogen) atoms. The Balaban J connectivity index is 1.55. The van der Waals surface area contributed by atoms with E-state index < -0.39 is 15.9 Å². The topological polar surface area (TPSA) is 94.6 Å². The number of carbonyl (C=O) groups excluding carboxylic acids is 1. The molecule has 9 heteroatoms. The van der Waals surface area contributed by atoms with Gasteiger partial charge in [0, 0.05) is 24.8 Å². The second kappa shape index (κ2) is 8.28. The lowest BCUT2D eigenvalue weighted by atomic mass is 10.1. The van der Waals surface area contributed by atoms with Crippen LogP contribution in [-0.2, 0) is 24.1 Å². The Hall–Kier alpha value is -1.81. The molecule has 0 bridgehead atoms. The summed E-state index contributed by atoms with van der Waals surface area (Å²) in [5.74, 6) is -0.320. The van der Waals surface area contributed by atoms with Gasteiger partial charge in [-0.1, -0.05) is 12.1 Å². The summed E-state index contributed by atoms with van der Waals surface area (Å²) >= 11 is 1.33. The number of nitrogens with zero attached hydrogens (tertiary/aromatic N) is 1. The first kappa shape index (κ1) is 19.5. The largest absolute Gasteiger partial charge is 0.381 e. The molecule has 1 aromatic heterocycles. The first-order chi connectivity index (χ1) is 13.5. The number of hydrogen-bond acceptors (Lipinski definition) is 7. The smallest absolute Gasteiger partial charge is 0.259 e.